The van der Waals surface area contributed by atoms with Gasteiger partial charge in [-0.25, -0.2) is 0 Å². The van der Waals surface area contributed by atoms with Gasteiger partial charge in [0.1, 0.15) is 5.75 Å². The van der Waals surface area contributed by atoms with E-state index in [1.54, 1.807) is 18.2 Å². The van der Waals surface area contributed by atoms with Crippen LogP contribution < -0.4 is 4.74 Å². The summed E-state index contributed by atoms with van der Waals surface area (Å²) in [5, 5.41) is 8.95. The van der Waals surface area contributed by atoms with Crippen LogP contribution in [0.4, 0.5) is 0 Å². The zero-order chi connectivity index (χ0) is 18.5. The van der Waals surface area contributed by atoms with Crippen LogP contribution in [0.3, 0.4) is 0 Å². The summed E-state index contributed by atoms with van der Waals surface area (Å²) in [6.45, 7) is 4.46. The standard InChI is InChI=1S/C20H21N3O2S/c1-14-6-4-5-7-17(14)13-23-19(24)15(2)26-20(23)22-21-12-16-8-10-18(25-3)11-9-16/h4-12,15H,13H2,1-3H3/b21-12-,22-20+/t15-/m0/s1. The minimum absolute atomic E-state index is 0.0663. The molecule has 1 aliphatic rings. The molecule has 134 valence electrons. The van der Waals surface area contributed by atoms with Crippen LogP contribution in [0.15, 0.2) is 58.7 Å². The predicted molar refractivity (Wildman–Crippen MR) is 107 cm³/mol. The molecule has 1 fully saturated rings. The third kappa shape index (κ3) is 4.14. The molecular formula is C20H21N3O2S. The van der Waals surface area contributed by atoms with Crippen molar-refractivity contribution in [1.82, 2.24) is 4.90 Å². The lowest BCUT2D eigenvalue weighted by atomic mass is 10.1. The van der Waals surface area contributed by atoms with Gasteiger partial charge in [0.2, 0.25) is 5.91 Å². The van der Waals surface area contributed by atoms with Crippen LogP contribution in [-0.4, -0.2) is 34.5 Å². The summed E-state index contributed by atoms with van der Waals surface area (Å²) in [7, 11) is 1.63. The maximum atomic E-state index is 12.5. The molecule has 0 aliphatic carbocycles. The molecule has 0 unspecified atom stereocenters. The summed E-state index contributed by atoms with van der Waals surface area (Å²) in [5.74, 6) is 0.861. The zero-order valence-electron chi connectivity index (χ0n) is 15.0. The Balaban J connectivity index is 1.77. The van der Waals surface area contributed by atoms with Gasteiger partial charge in [0, 0.05) is 0 Å². The average Bonchev–Trinajstić information content (AvgIpc) is 2.92. The fraction of sp³-hybridized carbons (Fsp3) is 0.250. The molecule has 0 aromatic heterocycles. The van der Waals surface area contributed by atoms with Crippen molar-refractivity contribution in [3.63, 3.8) is 0 Å². The Bertz CT molecular complexity index is 846. The number of aryl methyl sites for hydroxylation is 1. The average molecular weight is 367 g/mol. The lowest BCUT2D eigenvalue weighted by molar-refractivity contribution is -0.126. The van der Waals surface area contributed by atoms with E-state index in [4.69, 9.17) is 4.74 Å². The number of amides is 1. The lowest BCUT2D eigenvalue weighted by Crippen LogP contribution is -2.31. The molecule has 26 heavy (non-hydrogen) atoms. The second-order valence-electron chi connectivity index (χ2n) is 6.01. The molecule has 1 heterocycles. The van der Waals surface area contributed by atoms with Crippen LogP contribution >= 0.6 is 11.8 Å². The van der Waals surface area contributed by atoms with Gasteiger partial charge < -0.3 is 4.74 Å². The summed E-state index contributed by atoms with van der Waals surface area (Å²) in [5.41, 5.74) is 3.19. The third-order valence-electron chi connectivity index (χ3n) is 4.18. The van der Waals surface area contributed by atoms with Gasteiger partial charge in [-0.3, -0.25) is 9.69 Å². The molecule has 0 spiro atoms. The number of nitrogens with zero attached hydrogens (tertiary/aromatic N) is 3. The second kappa shape index (κ2) is 8.19. The Hall–Kier alpha value is -2.60. The van der Waals surface area contributed by atoms with Crippen LogP contribution in [0.25, 0.3) is 0 Å². The summed E-state index contributed by atoms with van der Waals surface area (Å²) >= 11 is 1.44. The maximum absolute atomic E-state index is 12.5. The minimum Gasteiger partial charge on any atom is -0.497 e. The Morgan fingerprint density at radius 1 is 1.19 bits per heavy atom. The number of rotatable bonds is 5. The smallest absolute Gasteiger partial charge is 0.242 e. The fourth-order valence-corrected chi connectivity index (χ4v) is 3.52. The van der Waals surface area contributed by atoms with E-state index in [-0.39, 0.29) is 11.2 Å². The third-order valence-corrected chi connectivity index (χ3v) is 5.25. The largest absolute Gasteiger partial charge is 0.497 e. The molecule has 0 saturated carbocycles. The van der Waals surface area contributed by atoms with E-state index in [2.05, 4.69) is 10.2 Å². The first-order valence-electron chi connectivity index (χ1n) is 8.36. The van der Waals surface area contributed by atoms with Gasteiger partial charge in [0.25, 0.3) is 0 Å². The number of carbonyl (C=O) groups is 1. The first-order chi connectivity index (χ1) is 12.6. The monoisotopic (exact) mass is 367 g/mol. The Kier molecular flexibility index (Phi) is 5.73. The highest BCUT2D eigenvalue weighted by Gasteiger charge is 2.35. The number of thioether (sulfide) groups is 1. The molecule has 0 radical (unpaired) electrons. The highest BCUT2D eigenvalue weighted by molar-refractivity contribution is 8.15. The van der Waals surface area contributed by atoms with E-state index in [0.717, 1.165) is 22.4 Å². The summed E-state index contributed by atoms with van der Waals surface area (Å²) in [6, 6.07) is 15.6. The Morgan fingerprint density at radius 3 is 2.62 bits per heavy atom. The summed E-state index contributed by atoms with van der Waals surface area (Å²) in [4.78, 5) is 14.2. The van der Waals surface area contributed by atoms with Crippen LogP contribution in [0.2, 0.25) is 0 Å². The maximum Gasteiger partial charge on any atom is 0.242 e. The van der Waals surface area contributed by atoms with Crippen LogP contribution in [0, 0.1) is 6.92 Å². The van der Waals surface area contributed by atoms with Crippen molar-refractivity contribution in [1.29, 1.82) is 0 Å². The Morgan fingerprint density at radius 2 is 1.92 bits per heavy atom. The summed E-state index contributed by atoms with van der Waals surface area (Å²) < 4.78 is 5.14. The molecule has 6 heteroatoms. The van der Waals surface area contributed by atoms with Crippen molar-refractivity contribution in [2.75, 3.05) is 7.11 Å². The number of ether oxygens (including phenoxy) is 1. The van der Waals surface area contributed by atoms with Gasteiger partial charge in [-0.15, -0.1) is 5.10 Å². The van der Waals surface area contributed by atoms with Crippen molar-refractivity contribution in [2.24, 2.45) is 10.2 Å². The van der Waals surface area contributed by atoms with E-state index in [9.17, 15) is 4.79 Å². The lowest BCUT2D eigenvalue weighted by Gasteiger charge is -2.16. The molecular weight excluding hydrogens is 346 g/mol. The van der Waals surface area contributed by atoms with E-state index < -0.39 is 0 Å². The molecule has 1 saturated heterocycles. The predicted octanol–water partition coefficient (Wildman–Crippen LogP) is 3.86. The van der Waals surface area contributed by atoms with Crippen LogP contribution in [0.1, 0.15) is 23.6 Å². The van der Waals surface area contributed by atoms with Crippen LogP contribution in [0.5, 0.6) is 5.75 Å². The number of hydrogen-bond donors (Lipinski definition) is 0. The molecule has 2 aromatic carbocycles. The van der Waals surface area contributed by atoms with Crippen molar-refractivity contribution in [2.45, 2.75) is 25.6 Å². The number of carbonyl (C=O) groups excluding carboxylic acids is 1. The first kappa shape index (κ1) is 18.2. The molecule has 0 N–H and O–H groups in total. The molecule has 1 atom stereocenters. The summed E-state index contributed by atoms with van der Waals surface area (Å²) in [6.07, 6.45) is 1.67. The van der Waals surface area contributed by atoms with Gasteiger partial charge in [0.05, 0.1) is 25.1 Å². The van der Waals surface area contributed by atoms with Gasteiger partial charge in [-0.1, -0.05) is 36.0 Å². The second-order valence-corrected chi connectivity index (χ2v) is 7.32. The molecule has 5 nitrogen and oxygen atoms in total. The van der Waals surface area contributed by atoms with E-state index in [1.807, 2.05) is 62.4 Å². The van der Waals surface area contributed by atoms with E-state index in [0.29, 0.717) is 11.7 Å². The minimum atomic E-state index is -0.144. The molecule has 2 aromatic rings. The molecule has 1 aliphatic heterocycles. The van der Waals surface area contributed by atoms with Gasteiger partial charge >= 0.3 is 0 Å². The number of benzene rings is 2. The highest BCUT2D eigenvalue weighted by Crippen LogP contribution is 2.29. The highest BCUT2D eigenvalue weighted by atomic mass is 32.2. The van der Waals surface area contributed by atoms with E-state index >= 15 is 0 Å². The zero-order valence-corrected chi connectivity index (χ0v) is 15.9. The first-order valence-corrected chi connectivity index (χ1v) is 9.24. The van der Waals surface area contributed by atoms with Crippen molar-refractivity contribution in [3.8, 4) is 5.75 Å². The van der Waals surface area contributed by atoms with Crippen molar-refractivity contribution >= 4 is 29.1 Å². The van der Waals surface area contributed by atoms with Crippen molar-refractivity contribution < 1.29 is 9.53 Å². The van der Waals surface area contributed by atoms with E-state index in [1.165, 1.54) is 11.8 Å². The van der Waals surface area contributed by atoms with Gasteiger partial charge in [0.15, 0.2) is 5.17 Å². The molecule has 0 bridgehead atoms. The number of amidine groups is 1. The SMILES string of the molecule is COc1ccc(/C=N\N=C2\S[C@@H](C)C(=O)N2Cc2ccccc2C)cc1. The molecule has 3 rings (SSSR count). The van der Waals surface area contributed by atoms with Gasteiger partial charge in [-0.05, 0) is 54.8 Å². The topological polar surface area (TPSA) is 54.3 Å². The normalized spacial score (nSPS) is 18.9. The molecule has 1 amide bonds. The van der Waals surface area contributed by atoms with Crippen LogP contribution in [-0.2, 0) is 11.3 Å². The van der Waals surface area contributed by atoms with Crippen molar-refractivity contribution in [3.05, 3.63) is 65.2 Å². The van der Waals surface area contributed by atoms with Gasteiger partial charge in [-0.2, -0.15) is 5.10 Å². The Labute approximate surface area is 157 Å². The quantitative estimate of drug-likeness (QED) is 0.596. The number of methoxy groups -OCH3 is 1. The fourth-order valence-electron chi connectivity index (χ4n) is 2.60. The number of hydrogen-bond acceptors (Lipinski definition) is 5.